The molecule has 0 saturated heterocycles. The molecule has 1 aromatic rings. The molecule has 0 radical (unpaired) electrons. The Morgan fingerprint density at radius 1 is 1.38 bits per heavy atom. The number of aliphatic imine (C=N–C) groups is 1. The van der Waals surface area contributed by atoms with Gasteiger partial charge in [-0.2, -0.15) is 13.2 Å². The van der Waals surface area contributed by atoms with Gasteiger partial charge >= 0.3 is 6.18 Å². The Morgan fingerprint density at radius 3 is 2.38 bits per heavy atom. The number of aryl methyl sites for hydroxylation is 1. The van der Waals surface area contributed by atoms with Crippen LogP contribution in [0.3, 0.4) is 0 Å². The van der Waals surface area contributed by atoms with Crippen molar-refractivity contribution in [3.63, 3.8) is 0 Å². The Kier molecular flexibility index (Phi) is 3.96. The first-order chi connectivity index (χ1) is 7.21. The molecular weight excluding hydrogens is 313 g/mol. The zero-order chi connectivity index (χ0) is 12.5. The van der Waals surface area contributed by atoms with Crippen LogP contribution in [-0.4, -0.2) is 11.3 Å². The fourth-order valence-corrected chi connectivity index (χ4v) is 1.70. The van der Waals surface area contributed by atoms with Crippen molar-refractivity contribution >= 4 is 38.4 Å². The highest BCUT2D eigenvalue weighted by molar-refractivity contribution is 9.10. The number of alkyl halides is 3. The van der Waals surface area contributed by atoms with E-state index in [-0.39, 0.29) is 15.7 Å². The summed E-state index contributed by atoms with van der Waals surface area (Å²) in [6.45, 7) is 1.44. The van der Waals surface area contributed by atoms with Crippen LogP contribution in [0.5, 0.6) is 0 Å². The van der Waals surface area contributed by atoms with E-state index in [0.29, 0.717) is 0 Å². The van der Waals surface area contributed by atoms with Gasteiger partial charge in [0, 0.05) is 4.47 Å². The van der Waals surface area contributed by atoms with Crippen LogP contribution in [-0.2, 0) is 0 Å². The Balaban J connectivity index is 3.26. The van der Waals surface area contributed by atoms with Crippen LogP contribution in [0.1, 0.15) is 5.56 Å². The summed E-state index contributed by atoms with van der Waals surface area (Å²) in [5.74, 6) is -0.563. The maximum atomic E-state index is 12.8. The third-order valence-electron chi connectivity index (χ3n) is 1.66. The van der Waals surface area contributed by atoms with E-state index in [0.717, 1.165) is 12.1 Å². The molecule has 0 atom stereocenters. The second kappa shape index (κ2) is 4.71. The highest BCUT2D eigenvalue weighted by Gasteiger charge is 2.34. The molecule has 0 spiro atoms. The number of rotatable bonds is 1. The Labute approximate surface area is 102 Å². The number of halogens is 6. The highest BCUT2D eigenvalue weighted by atomic mass is 79.9. The summed E-state index contributed by atoms with van der Waals surface area (Å²) in [6.07, 6.45) is -4.71. The molecule has 0 aliphatic carbocycles. The third-order valence-corrected chi connectivity index (χ3v) is 2.57. The van der Waals surface area contributed by atoms with Gasteiger partial charge in [0.25, 0.3) is 0 Å². The molecular formula is C9H5BrClF4N. The predicted molar refractivity (Wildman–Crippen MR) is 57.8 cm³/mol. The molecule has 0 unspecified atom stereocenters. The van der Waals surface area contributed by atoms with E-state index in [2.05, 4.69) is 20.9 Å². The fourth-order valence-electron chi connectivity index (χ4n) is 0.998. The van der Waals surface area contributed by atoms with Crippen LogP contribution >= 0.6 is 27.5 Å². The first-order valence-corrected chi connectivity index (χ1v) is 5.16. The molecule has 1 aromatic carbocycles. The summed E-state index contributed by atoms with van der Waals surface area (Å²) < 4.78 is 49.3. The van der Waals surface area contributed by atoms with Gasteiger partial charge in [-0.05, 0) is 40.5 Å². The van der Waals surface area contributed by atoms with Crippen LogP contribution in [0, 0.1) is 12.7 Å². The molecule has 0 saturated carbocycles. The number of hydrogen-bond acceptors (Lipinski definition) is 1. The first-order valence-electron chi connectivity index (χ1n) is 3.99. The maximum Gasteiger partial charge on any atom is 0.444 e. The van der Waals surface area contributed by atoms with Crippen molar-refractivity contribution < 1.29 is 17.6 Å². The molecule has 16 heavy (non-hydrogen) atoms. The van der Waals surface area contributed by atoms with E-state index < -0.39 is 17.2 Å². The average molecular weight is 318 g/mol. The maximum absolute atomic E-state index is 12.8. The van der Waals surface area contributed by atoms with Crippen LogP contribution in [0.15, 0.2) is 21.6 Å². The van der Waals surface area contributed by atoms with Crippen molar-refractivity contribution in [3.8, 4) is 0 Å². The van der Waals surface area contributed by atoms with E-state index >= 15 is 0 Å². The van der Waals surface area contributed by atoms with Crippen molar-refractivity contribution in [2.75, 3.05) is 0 Å². The normalized spacial score (nSPS) is 13.1. The zero-order valence-corrected chi connectivity index (χ0v) is 10.2. The molecule has 0 aromatic heterocycles. The molecule has 88 valence electrons. The van der Waals surface area contributed by atoms with Crippen molar-refractivity contribution in [2.45, 2.75) is 13.1 Å². The molecule has 7 heteroatoms. The molecule has 0 bridgehead atoms. The summed E-state index contributed by atoms with van der Waals surface area (Å²) in [5, 5.41) is -1.50. The number of benzene rings is 1. The van der Waals surface area contributed by atoms with Crippen molar-refractivity contribution in [3.05, 3.63) is 28.0 Å². The monoisotopic (exact) mass is 317 g/mol. The summed E-state index contributed by atoms with van der Waals surface area (Å²) in [7, 11) is 0. The van der Waals surface area contributed by atoms with Crippen molar-refractivity contribution in [2.24, 2.45) is 4.99 Å². The quantitative estimate of drug-likeness (QED) is 0.524. The minimum atomic E-state index is -4.71. The summed E-state index contributed by atoms with van der Waals surface area (Å²) in [6, 6.07) is 2.09. The second-order valence-electron chi connectivity index (χ2n) is 2.95. The van der Waals surface area contributed by atoms with E-state index in [4.69, 9.17) is 11.6 Å². The van der Waals surface area contributed by atoms with Gasteiger partial charge < -0.3 is 0 Å². The van der Waals surface area contributed by atoms with E-state index in [1.807, 2.05) is 0 Å². The lowest BCUT2D eigenvalue weighted by Gasteiger charge is -2.07. The molecule has 0 aliphatic heterocycles. The molecule has 1 rings (SSSR count). The Morgan fingerprint density at radius 2 is 1.94 bits per heavy atom. The van der Waals surface area contributed by atoms with Gasteiger partial charge in [-0.15, -0.1) is 0 Å². The van der Waals surface area contributed by atoms with Gasteiger partial charge in [-0.3, -0.25) is 0 Å². The topological polar surface area (TPSA) is 12.4 Å². The minimum absolute atomic E-state index is 0.0382. The molecule has 0 amide bonds. The first kappa shape index (κ1) is 13.4. The number of nitrogens with zero attached hydrogens (tertiary/aromatic N) is 1. The smallest absolute Gasteiger partial charge is 0.231 e. The Hall–Kier alpha value is -0.620. The Bertz CT molecular complexity index is 419. The summed E-state index contributed by atoms with van der Waals surface area (Å²) in [4.78, 5) is 3.21. The number of hydrogen-bond donors (Lipinski definition) is 0. The third kappa shape index (κ3) is 3.18. The lowest BCUT2D eigenvalue weighted by Crippen LogP contribution is -2.16. The predicted octanol–water partition coefficient (Wildman–Crippen LogP) is 4.73. The minimum Gasteiger partial charge on any atom is -0.231 e. The lowest BCUT2D eigenvalue weighted by atomic mass is 10.2. The summed E-state index contributed by atoms with van der Waals surface area (Å²) >= 11 is 7.91. The van der Waals surface area contributed by atoms with Crippen LogP contribution < -0.4 is 0 Å². The van der Waals surface area contributed by atoms with Gasteiger partial charge in [0.15, 0.2) is 0 Å². The van der Waals surface area contributed by atoms with Gasteiger partial charge in [0.05, 0.1) is 5.69 Å². The molecule has 0 aliphatic rings. The van der Waals surface area contributed by atoms with E-state index in [1.165, 1.54) is 6.92 Å². The molecule has 1 nitrogen and oxygen atoms in total. The van der Waals surface area contributed by atoms with Crippen molar-refractivity contribution in [1.82, 2.24) is 0 Å². The fraction of sp³-hybridized carbons (Fsp3) is 0.222. The molecule has 0 fully saturated rings. The molecule has 0 N–H and O–H groups in total. The van der Waals surface area contributed by atoms with Gasteiger partial charge in [-0.1, -0.05) is 11.6 Å². The van der Waals surface area contributed by atoms with Gasteiger partial charge in [0.2, 0.25) is 5.17 Å². The van der Waals surface area contributed by atoms with E-state index in [9.17, 15) is 17.6 Å². The largest absolute Gasteiger partial charge is 0.444 e. The lowest BCUT2D eigenvalue weighted by molar-refractivity contribution is -0.0558. The van der Waals surface area contributed by atoms with Crippen LogP contribution in [0.4, 0.5) is 23.2 Å². The van der Waals surface area contributed by atoms with Crippen LogP contribution in [0.2, 0.25) is 0 Å². The highest BCUT2D eigenvalue weighted by Crippen LogP contribution is 2.32. The standard InChI is InChI=1S/C9H5BrClF4N/c1-4-2-5(12)3-6(10)7(4)16-8(11)9(13,14)15/h2-3H,1H3. The van der Waals surface area contributed by atoms with Gasteiger partial charge in [0.1, 0.15) is 5.82 Å². The zero-order valence-electron chi connectivity index (χ0n) is 7.87. The SMILES string of the molecule is Cc1cc(F)cc(Br)c1N=C(Cl)C(F)(F)F. The van der Waals surface area contributed by atoms with Crippen molar-refractivity contribution in [1.29, 1.82) is 0 Å². The average Bonchev–Trinajstić information content (AvgIpc) is 2.08. The molecule has 0 heterocycles. The van der Waals surface area contributed by atoms with Gasteiger partial charge in [-0.25, -0.2) is 9.38 Å². The second-order valence-corrected chi connectivity index (χ2v) is 4.17. The summed E-state index contributed by atoms with van der Waals surface area (Å²) in [5.41, 5.74) is 0.220. The van der Waals surface area contributed by atoms with Crippen LogP contribution in [0.25, 0.3) is 0 Å². The van der Waals surface area contributed by atoms with E-state index in [1.54, 1.807) is 0 Å².